The van der Waals surface area contributed by atoms with Crippen molar-refractivity contribution in [2.45, 2.75) is 0 Å². The number of halogens is 1. The van der Waals surface area contributed by atoms with Crippen LogP contribution in [0, 0.1) is 0 Å². The normalized spacial score (nSPS) is 17.0. The van der Waals surface area contributed by atoms with Crippen LogP contribution in [0.3, 0.4) is 0 Å². The Morgan fingerprint density at radius 2 is 2.00 bits per heavy atom. The van der Waals surface area contributed by atoms with E-state index >= 15 is 0 Å². The number of ketones is 1. The highest BCUT2D eigenvalue weighted by atomic mass is 35.5. The van der Waals surface area contributed by atoms with Gasteiger partial charge in [0.15, 0.2) is 5.78 Å². The Hall–Kier alpha value is -1.60. The van der Waals surface area contributed by atoms with Crippen LogP contribution in [0.1, 0.15) is 11.1 Å². The summed E-state index contributed by atoms with van der Waals surface area (Å²) in [6.45, 7) is 0. The van der Waals surface area contributed by atoms with E-state index in [-0.39, 0.29) is 5.78 Å². The van der Waals surface area contributed by atoms with Crippen LogP contribution in [-0.2, 0) is 4.79 Å². The first-order chi connectivity index (χ1) is 7.25. The van der Waals surface area contributed by atoms with Gasteiger partial charge in [-0.1, -0.05) is 29.8 Å². The van der Waals surface area contributed by atoms with Crippen molar-refractivity contribution in [3.05, 3.63) is 58.1 Å². The van der Waals surface area contributed by atoms with Crippen LogP contribution in [0.5, 0.6) is 0 Å². The van der Waals surface area contributed by atoms with Gasteiger partial charge in [0.25, 0.3) is 0 Å². The molecule has 1 aromatic carbocycles. The fraction of sp³-hybridized carbons (Fsp3) is 0. The smallest absolute Gasteiger partial charge is 0.186 e. The van der Waals surface area contributed by atoms with Crippen molar-refractivity contribution in [2.24, 2.45) is 0 Å². The molecule has 0 saturated carbocycles. The van der Waals surface area contributed by atoms with Crippen LogP contribution < -0.4 is 0 Å². The molecule has 1 aromatic rings. The summed E-state index contributed by atoms with van der Waals surface area (Å²) in [4.78, 5) is 11.6. The van der Waals surface area contributed by atoms with E-state index in [4.69, 9.17) is 11.6 Å². The molecule has 2 aliphatic carbocycles. The Labute approximate surface area is 92.4 Å². The second-order valence-electron chi connectivity index (χ2n) is 3.59. The Morgan fingerprint density at radius 3 is 2.87 bits per heavy atom. The highest BCUT2D eigenvalue weighted by Gasteiger charge is 2.23. The minimum atomic E-state index is 0.0693. The maximum absolute atomic E-state index is 11.6. The minimum absolute atomic E-state index is 0.0693. The molecule has 2 heteroatoms. The van der Waals surface area contributed by atoms with Gasteiger partial charge in [-0.25, -0.2) is 0 Å². The summed E-state index contributed by atoms with van der Waals surface area (Å²) >= 11 is 5.91. The number of carbonyl (C=O) groups excluding carboxylic acids is 1. The summed E-state index contributed by atoms with van der Waals surface area (Å²) in [5.74, 6) is 0.0693. The van der Waals surface area contributed by atoms with Crippen LogP contribution in [0.25, 0.3) is 11.6 Å². The third-order valence-electron chi connectivity index (χ3n) is 2.67. The lowest BCUT2D eigenvalue weighted by atomic mass is 9.96. The van der Waals surface area contributed by atoms with Crippen molar-refractivity contribution in [3.63, 3.8) is 0 Å². The number of benzene rings is 1. The van der Waals surface area contributed by atoms with Gasteiger partial charge in [0.05, 0.1) is 0 Å². The molecule has 0 bridgehead atoms. The summed E-state index contributed by atoms with van der Waals surface area (Å²) in [7, 11) is 0. The summed E-state index contributed by atoms with van der Waals surface area (Å²) in [6.07, 6.45) is 7.24. The van der Waals surface area contributed by atoms with Gasteiger partial charge in [-0.15, -0.1) is 0 Å². The number of allylic oxidation sites excluding steroid dienone is 5. The number of carbonyl (C=O) groups is 1. The van der Waals surface area contributed by atoms with E-state index in [0.717, 1.165) is 22.3 Å². The molecule has 0 spiro atoms. The van der Waals surface area contributed by atoms with Gasteiger partial charge in [0.2, 0.25) is 0 Å². The molecule has 0 unspecified atom stereocenters. The van der Waals surface area contributed by atoms with E-state index in [9.17, 15) is 4.79 Å². The third-order valence-corrected chi connectivity index (χ3v) is 2.90. The second-order valence-corrected chi connectivity index (χ2v) is 4.03. The van der Waals surface area contributed by atoms with E-state index < -0.39 is 0 Å². The van der Waals surface area contributed by atoms with Gasteiger partial charge in [0.1, 0.15) is 0 Å². The second kappa shape index (κ2) is 2.94. The van der Waals surface area contributed by atoms with Gasteiger partial charge in [0, 0.05) is 10.6 Å². The first-order valence-electron chi connectivity index (χ1n) is 4.70. The number of hydrogen-bond donors (Lipinski definition) is 0. The van der Waals surface area contributed by atoms with Gasteiger partial charge in [-0.3, -0.25) is 4.79 Å². The maximum atomic E-state index is 11.6. The summed E-state index contributed by atoms with van der Waals surface area (Å²) in [5.41, 5.74) is 3.90. The van der Waals surface area contributed by atoms with Gasteiger partial charge < -0.3 is 0 Å². The van der Waals surface area contributed by atoms with Crippen LogP contribution in [-0.4, -0.2) is 5.78 Å². The van der Waals surface area contributed by atoms with E-state index in [1.807, 2.05) is 30.4 Å². The molecule has 1 nitrogen and oxygen atoms in total. The zero-order valence-electron chi connectivity index (χ0n) is 7.83. The van der Waals surface area contributed by atoms with Gasteiger partial charge in [-0.05, 0) is 41.0 Å². The minimum Gasteiger partial charge on any atom is -0.289 e. The van der Waals surface area contributed by atoms with Crippen LogP contribution in [0.2, 0.25) is 5.02 Å². The fourth-order valence-corrected chi connectivity index (χ4v) is 2.16. The van der Waals surface area contributed by atoms with Crippen molar-refractivity contribution in [2.75, 3.05) is 0 Å². The van der Waals surface area contributed by atoms with Crippen molar-refractivity contribution >= 4 is 29.0 Å². The average Bonchev–Trinajstić information content (AvgIpc) is 2.57. The predicted molar refractivity (Wildman–Crippen MR) is 61.6 cm³/mol. The van der Waals surface area contributed by atoms with Crippen molar-refractivity contribution in [1.29, 1.82) is 0 Å². The first kappa shape index (κ1) is 8.69. The van der Waals surface area contributed by atoms with Crippen molar-refractivity contribution in [3.8, 4) is 0 Å². The summed E-state index contributed by atoms with van der Waals surface area (Å²) in [5, 5.41) is 0.699. The summed E-state index contributed by atoms with van der Waals surface area (Å²) in [6, 6.07) is 5.69. The number of hydrogen-bond acceptors (Lipinski definition) is 1. The van der Waals surface area contributed by atoms with Gasteiger partial charge >= 0.3 is 0 Å². The van der Waals surface area contributed by atoms with Crippen LogP contribution in [0.4, 0.5) is 0 Å². The molecule has 3 rings (SSSR count). The third kappa shape index (κ3) is 1.20. The molecular formula is C13H7ClO. The SMILES string of the molecule is O=C1C=CC=C2C1=Cc1cc(Cl)ccc12. The standard InChI is InChI=1S/C13H7ClO/c14-9-4-5-10-8(6-9)7-12-11(10)2-1-3-13(12)15/h1-7H. The molecule has 0 saturated heterocycles. The lowest BCUT2D eigenvalue weighted by Gasteiger charge is -2.06. The van der Waals surface area contributed by atoms with Gasteiger partial charge in [-0.2, -0.15) is 0 Å². The molecule has 0 atom stereocenters. The Balaban J connectivity index is 2.26. The predicted octanol–water partition coefficient (Wildman–Crippen LogP) is 3.26. The first-order valence-corrected chi connectivity index (χ1v) is 5.08. The molecule has 0 N–H and O–H groups in total. The van der Waals surface area contributed by atoms with Crippen LogP contribution >= 0.6 is 11.6 Å². The monoisotopic (exact) mass is 214 g/mol. The molecule has 0 heterocycles. The lowest BCUT2D eigenvalue weighted by Crippen LogP contribution is -2.00. The highest BCUT2D eigenvalue weighted by Crippen LogP contribution is 2.38. The van der Waals surface area contributed by atoms with E-state index in [1.165, 1.54) is 0 Å². The quantitative estimate of drug-likeness (QED) is 0.648. The van der Waals surface area contributed by atoms with Crippen molar-refractivity contribution in [1.82, 2.24) is 0 Å². The molecule has 15 heavy (non-hydrogen) atoms. The van der Waals surface area contributed by atoms with E-state index in [0.29, 0.717) is 5.02 Å². The fourth-order valence-electron chi connectivity index (χ4n) is 1.98. The molecule has 0 aromatic heterocycles. The number of fused-ring (bicyclic) bond motifs is 3. The molecule has 0 radical (unpaired) electrons. The number of rotatable bonds is 0. The van der Waals surface area contributed by atoms with Crippen LogP contribution in [0.15, 0.2) is 42.0 Å². The zero-order valence-corrected chi connectivity index (χ0v) is 8.58. The Bertz CT molecular complexity index is 562. The zero-order chi connectivity index (χ0) is 10.4. The lowest BCUT2D eigenvalue weighted by molar-refractivity contribution is -0.110. The summed E-state index contributed by atoms with van der Waals surface area (Å²) < 4.78 is 0. The molecule has 0 amide bonds. The van der Waals surface area contributed by atoms with Crippen molar-refractivity contribution < 1.29 is 4.79 Å². The Kier molecular flexibility index (Phi) is 1.70. The Morgan fingerprint density at radius 1 is 1.13 bits per heavy atom. The van der Waals surface area contributed by atoms with E-state index in [1.54, 1.807) is 12.2 Å². The molecule has 0 fully saturated rings. The topological polar surface area (TPSA) is 17.1 Å². The average molecular weight is 215 g/mol. The maximum Gasteiger partial charge on any atom is 0.186 e. The molecular weight excluding hydrogens is 208 g/mol. The van der Waals surface area contributed by atoms with E-state index in [2.05, 4.69) is 0 Å². The highest BCUT2D eigenvalue weighted by molar-refractivity contribution is 6.31. The molecule has 72 valence electrons. The largest absolute Gasteiger partial charge is 0.289 e. The molecule has 2 aliphatic rings. The molecule has 0 aliphatic heterocycles.